The van der Waals surface area contributed by atoms with Crippen LogP contribution in [0.15, 0.2) is 29.6 Å². The largest absolute Gasteiger partial charge is 0.356 e. The summed E-state index contributed by atoms with van der Waals surface area (Å²) in [6.07, 6.45) is 2.12. The first-order valence-corrected chi connectivity index (χ1v) is 11.1. The molecule has 0 aliphatic carbocycles. The molecule has 0 atom stereocenters. The number of aromatic nitrogens is 1. The molecule has 7 nitrogen and oxygen atoms in total. The van der Waals surface area contributed by atoms with Crippen LogP contribution < -0.4 is 10.6 Å². The number of nitrogens with one attached hydrogen (secondary N) is 2. The molecule has 2 aromatic rings. The number of nitrogens with zero attached hydrogens (tertiary/aromatic N) is 2. The predicted octanol–water partition coefficient (Wildman–Crippen LogP) is 3.74. The summed E-state index contributed by atoms with van der Waals surface area (Å²) in [5, 5.41) is 8.24. The minimum absolute atomic E-state index is 0.0915. The van der Waals surface area contributed by atoms with Gasteiger partial charge in [0.2, 0.25) is 11.8 Å². The Kier molecular flexibility index (Phi) is 9.26. The van der Waals surface area contributed by atoms with Gasteiger partial charge in [0, 0.05) is 28.6 Å². The van der Waals surface area contributed by atoms with E-state index >= 15 is 0 Å². The van der Waals surface area contributed by atoms with Crippen molar-refractivity contribution >= 4 is 45.8 Å². The highest BCUT2D eigenvalue weighted by molar-refractivity contribution is 7.13. The molecule has 2 N–H and O–H groups in total. The van der Waals surface area contributed by atoms with Crippen LogP contribution in [0.2, 0.25) is 5.02 Å². The van der Waals surface area contributed by atoms with E-state index in [9.17, 15) is 14.4 Å². The summed E-state index contributed by atoms with van der Waals surface area (Å²) in [4.78, 5) is 42.9. The van der Waals surface area contributed by atoms with Crippen molar-refractivity contribution in [1.82, 2.24) is 15.2 Å². The number of halogens is 1. The average molecular weight is 451 g/mol. The third-order valence-corrected chi connectivity index (χ3v) is 5.34. The maximum atomic E-state index is 12.8. The summed E-state index contributed by atoms with van der Waals surface area (Å²) < 4.78 is 0. The highest BCUT2D eigenvalue weighted by Gasteiger charge is 2.22. The van der Waals surface area contributed by atoms with E-state index in [1.165, 1.54) is 16.2 Å². The summed E-state index contributed by atoms with van der Waals surface area (Å²) in [6.45, 7) is 6.30. The van der Waals surface area contributed by atoms with Crippen LogP contribution in [0, 0.1) is 0 Å². The van der Waals surface area contributed by atoms with Crippen LogP contribution in [0.3, 0.4) is 0 Å². The van der Waals surface area contributed by atoms with Crippen molar-refractivity contribution in [2.75, 3.05) is 18.4 Å². The fourth-order valence-corrected chi connectivity index (χ4v) is 3.49. The zero-order chi connectivity index (χ0) is 22.1. The van der Waals surface area contributed by atoms with Crippen molar-refractivity contribution in [3.63, 3.8) is 0 Å². The molecule has 0 radical (unpaired) electrons. The van der Waals surface area contributed by atoms with Gasteiger partial charge in [0.1, 0.15) is 6.54 Å². The van der Waals surface area contributed by atoms with Gasteiger partial charge in [-0.15, -0.1) is 11.3 Å². The van der Waals surface area contributed by atoms with E-state index in [-0.39, 0.29) is 36.7 Å². The number of thiazole rings is 1. The molecule has 0 fully saturated rings. The van der Waals surface area contributed by atoms with E-state index in [0.717, 1.165) is 12.8 Å². The van der Waals surface area contributed by atoms with E-state index in [1.54, 1.807) is 29.6 Å². The summed E-state index contributed by atoms with van der Waals surface area (Å²) in [5.41, 5.74) is 1.06. The van der Waals surface area contributed by atoms with Gasteiger partial charge in [0.05, 0.1) is 12.1 Å². The Labute approximate surface area is 185 Å². The average Bonchev–Trinajstić information content (AvgIpc) is 3.12. The summed E-state index contributed by atoms with van der Waals surface area (Å²) in [7, 11) is 0. The normalized spacial score (nSPS) is 10.7. The van der Waals surface area contributed by atoms with Gasteiger partial charge in [-0.25, -0.2) is 4.98 Å². The Morgan fingerprint density at radius 1 is 1.17 bits per heavy atom. The molecule has 3 amide bonds. The number of amides is 3. The van der Waals surface area contributed by atoms with Gasteiger partial charge in [-0.2, -0.15) is 0 Å². The molecule has 1 heterocycles. The van der Waals surface area contributed by atoms with Crippen molar-refractivity contribution < 1.29 is 14.4 Å². The van der Waals surface area contributed by atoms with Gasteiger partial charge < -0.3 is 15.5 Å². The molecule has 162 valence electrons. The third kappa shape index (κ3) is 7.42. The topological polar surface area (TPSA) is 91.4 Å². The number of carbonyl (C=O) groups excluding carboxylic acids is 3. The summed E-state index contributed by atoms with van der Waals surface area (Å²) in [5.74, 6) is -0.689. The molecule has 0 spiro atoms. The summed E-state index contributed by atoms with van der Waals surface area (Å²) >= 11 is 7.13. The molecule has 0 unspecified atom stereocenters. The standard InChI is InChI=1S/C21H27ClN4O3S/c1-4-5-10-23-18(27)11-17-13-30-21(24-17)25-19(28)12-26(14(2)3)20(29)15-6-8-16(22)9-7-15/h6-9,13-14H,4-5,10-12H2,1-3H3,(H,23,27)(H,24,25,28). The highest BCUT2D eigenvalue weighted by Crippen LogP contribution is 2.17. The van der Waals surface area contributed by atoms with Gasteiger partial charge in [0.25, 0.3) is 5.91 Å². The molecular weight excluding hydrogens is 424 g/mol. The smallest absolute Gasteiger partial charge is 0.254 e. The number of benzene rings is 1. The molecule has 1 aromatic carbocycles. The van der Waals surface area contributed by atoms with E-state index in [2.05, 4.69) is 22.5 Å². The number of hydrogen-bond acceptors (Lipinski definition) is 5. The Hall–Kier alpha value is -2.45. The van der Waals surface area contributed by atoms with Crippen LogP contribution in [-0.4, -0.2) is 46.7 Å². The number of hydrogen-bond donors (Lipinski definition) is 2. The van der Waals surface area contributed by atoms with Crippen molar-refractivity contribution in [2.45, 2.75) is 46.1 Å². The lowest BCUT2D eigenvalue weighted by Crippen LogP contribution is -2.42. The van der Waals surface area contributed by atoms with Gasteiger partial charge in [-0.3, -0.25) is 14.4 Å². The lowest BCUT2D eigenvalue weighted by Gasteiger charge is -2.26. The quantitative estimate of drug-likeness (QED) is 0.539. The SMILES string of the molecule is CCCCNC(=O)Cc1csc(NC(=O)CN(C(=O)c2ccc(Cl)cc2)C(C)C)n1. The van der Waals surface area contributed by atoms with Crippen LogP contribution in [0.25, 0.3) is 0 Å². The first kappa shape index (κ1) is 23.8. The van der Waals surface area contributed by atoms with E-state index in [1.807, 2.05) is 13.8 Å². The molecule has 0 aliphatic rings. The van der Waals surface area contributed by atoms with Gasteiger partial charge in [-0.1, -0.05) is 24.9 Å². The lowest BCUT2D eigenvalue weighted by molar-refractivity contribution is -0.120. The maximum absolute atomic E-state index is 12.8. The van der Waals surface area contributed by atoms with E-state index in [4.69, 9.17) is 11.6 Å². The second kappa shape index (κ2) is 11.7. The Balaban J connectivity index is 1.93. The van der Waals surface area contributed by atoms with Crippen molar-refractivity contribution in [2.24, 2.45) is 0 Å². The van der Waals surface area contributed by atoms with E-state index < -0.39 is 0 Å². The van der Waals surface area contributed by atoms with Gasteiger partial charge >= 0.3 is 0 Å². The van der Waals surface area contributed by atoms with Crippen LogP contribution in [0.1, 0.15) is 49.7 Å². The molecule has 2 rings (SSSR count). The fourth-order valence-electron chi connectivity index (χ4n) is 2.64. The number of anilines is 1. The molecule has 30 heavy (non-hydrogen) atoms. The van der Waals surface area contributed by atoms with Crippen molar-refractivity contribution in [3.05, 3.63) is 45.9 Å². The third-order valence-electron chi connectivity index (χ3n) is 4.28. The molecular formula is C21H27ClN4O3S. The molecule has 9 heteroatoms. The second-order valence-corrected chi connectivity index (χ2v) is 8.40. The Bertz CT molecular complexity index is 867. The highest BCUT2D eigenvalue weighted by atomic mass is 35.5. The number of unbranched alkanes of at least 4 members (excludes halogenated alkanes) is 1. The minimum atomic E-state index is -0.348. The first-order valence-electron chi connectivity index (χ1n) is 9.87. The second-order valence-electron chi connectivity index (χ2n) is 7.11. The van der Waals surface area contributed by atoms with Crippen molar-refractivity contribution in [1.29, 1.82) is 0 Å². The van der Waals surface area contributed by atoms with Crippen LogP contribution >= 0.6 is 22.9 Å². The number of rotatable bonds is 10. The van der Waals surface area contributed by atoms with Crippen LogP contribution in [0.5, 0.6) is 0 Å². The van der Waals surface area contributed by atoms with Crippen LogP contribution in [0.4, 0.5) is 5.13 Å². The lowest BCUT2D eigenvalue weighted by atomic mass is 10.1. The predicted molar refractivity (Wildman–Crippen MR) is 120 cm³/mol. The Morgan fingerprint density at radius 3 is 2.50 bits per heavy atom. The van der Waals surface area contributed by atoms with Gasteiger partial charge in [-0.05, 0) is 44.5 Å². The van der Waals surface area contributed by atoms with Crippen LogP contribution in [-0.2, 0) is 16.0 Å². The number of carbonyl (C=O) groups is 3. The van der Waals surface area contributed by atoms with Gasteiger partial charge in [0.15, 0.2) is 5.13 Å². The zero-order valence-corrected chi connectivity index (χ0v) is 19.0. The first-order chi connectivity index (χ1) is 14.3. The minimum Gasteiger partial charge on any atom is -0.356 e. The molecule has 0 bridgehead atoms. The molecule has 0 aliphatic heterocycles. The van der Waals surface area contributed by atoms with Crippen molar-refractivity contribution in [3.8, 4) is 0 Å². The fraction of sp³-hybridized carbons (Fsp3) is 0.429. The summed E-state index contributed by atoms with van der Waals surface area (Å²) in [6, 6.07) is 6.39. The maximum Gasteiger partial charge on any atom is 0.254 e. The zero-order valence-electron chi connectivity index (χ0n) is 17.4. The monoisotopic (exact) mass is 450 g/mol. The Morgan fingerprint density at radius 2 is 1.87 bits per heavy atom. The van der Waals surface area contributed by atoms with E-state index in [0.29, 0.717) is 28.0 Å². The molecule has 1 aromatic heterocycles. The molecule has 0 saturated heterocycles. The molecule has 0 saturated carbocycles.